The van der Waals surface area contributed by atoms with Crippen LogP contribution in [-0.2, 0) is 0 Å². The highest BCUT2D eigenvalue weighted by molar-refractivity contribution is 9.09. The normalized spacial score (nSPS) is 11.2. The number of amides is 1. The summed E-state index contributed by atoms with van der Waals surface area (Å²) in [5.41, 5.74) is 0.451. The zero-order valence-corrected chi connectivity index (χ0v) is 12.8. The number of carbonyl (C=O) groups is 1. The summed E-state index contributed by atoms with van der Waals surface area (Å²) in [4.78, 5) is 22.4. The van der Waals surface area contributed by atoms with E-state index in [4.69, 9.17) is 0 Å². The number of carbonyl (C=O) groups excluding carboxylic acids is 1. The second kappa shape index (κ2) is 6.14. The summed E-state index contributed by atoms with van der Waals surface area (Å²) in [6.07, 6.45) is 0.771. The quantitative estimate of drug-likeness (QED) is 0.512. The number of hydrogen-bond donors (Lipinski definition) is 1. The molecule has 0 aromatic heterocycles. The number of rotatable bonds is 5. The van der Waals surface area contributed by atoms with Crippen LogP contribution in [0.1, 0.15) is 36.2 Å². The van der Waals surface area contributed by atoms with E-state index in [9.17, 15) is 14.9 Å². The molecule has 0 radical (unpaired) electrons. The van der Waals surface area contributed by atoms with Crippen molar-refractivity contribution >= 4 is 27.5 Å². The second-order valence-electron chi connectivity index (χ2n) is 5.04. The molecule has 0 saturated heterocycles. The molecule has 0 fully saturated rings. The van der Waals surface area contributed by atoms with Crippen molar-refractivity contribution in [1.29, 1.82) is 0 Å². The van der Waals surface area contributed by atoms with Gasteiger partial charge in [-0.1, -0.05) is 22.0 Å². The fourth-order valence-electron chi connectivity index (χ4n) is 1.63. The lowest BCUT2D eigenvalue weighted by atomic mass is 10.0. The number of nitro benzene ring substituents is 1. The highest BCUT2D eigenvalue weighted by atomic mass is 79.9. The number of nitro groups is 1. The van der Waals surface area contributed by atoms with Gasteiger partial charge >= 0.3 is 0 Å². The Labute approximate surface area is 120 Å². The highest BCUT2D eigenvalue weighted by Gasteiger charge is 2.22. The number of nitrogens with one attached hydrogen (secondary N) is 1. The lowest BCUT2D eigenvalue weighted by molar-refractivity contribution is -0.385. The lowest BCUT2D eigenvalue weighted by Gasteiger charge is -2.25. The minimum absolute atomic E-state index is 0.0362. The van der Waals surface area contributed by atoms with E-state index < -0.39 is 4.92 Å². The molecule has 0 saturated carbocycles. The van der Waals surface area contributed by atoms with Crippen molar-refractivity contribution in [3.8, 4) is 0 Å². The fraction of sp³-hybridized carbons (Fsp3) is 0.462. The summed E-state index contributed by atoms with van der Waals surface area (Å²) < 4.78 is 0. The van der Waals surface area contributed by atoms with E-state index in [-0.39, 0.29) is 17.1 Å². The van der Waals surface area contributed by atoms with E-state index in [1.165, 1.54) is 6.07 Å². The molecular formula is C13H17BrN2O3. The third-order valence-corrected chi connectivity index (χ3v) is 3.24. The van der Waals surface area contributed by atoms with E-state index in [2.05, 4.69) is 21.2 Å². The fourth-order valence-corrected chi connectivity index (χ4v) is 2.62. The van der Waals surface area contributed by atoms with Gasteiger partial charge in [0.05, 0.1) is 4.92 Å². The van der Waals surface area contributed by atoms with E-state index in [0.29, 0.717) is 11.1 Å². The number of hydrogen-bond acceptors (Lipinski definition) is 3. The maximum atomic E-state index is 12.1. The van der Waals surface area contributed by atoms with Gasteiger partial charge in [0.2, 0.25) is 0 Å². The smallest absolute Gasteiger partial charge is 0.273 e. The number of halogens is 1. The van der Waals surface area contributed by atoms with Gasteiger partial charge in [-0.25, -0.2) is 0 Å². The van der Waals surface area contributed by atoms with Crippen LogP contribution >= 0.6 is 15.9 Å². The highest BCUT2D eigenvalue weighted by Crippen LogP contribution is 2.20. The maximum absolute atomic E-state index is 12.1. The SMILES string of the molecule is Cc1ccc(C(=O)NC(C)(C)CCBr)cc1[N+](=O)[O-]. The molecule has 5 nitrogen and oxygen atoms in total. The molecule has 1 N–H and O–H groups in total. The van der Waals surface area contributed by atoms with Crippen molar-refractivity contribution in [3.05, 3.63) is 39.4 Å². The van der Waals surface area contributed by atoms with E-state index in [0.717, 1.165) is 11.8 Å². The van der Waals surface area contributed by atoms with Crippen LogP contribution in [0.2, 0.25) is 0 Å². The van der Waals surface area contributed by atoms with Gasteiger partial charge in [-0.2, -0.15) is 0 Å². The van der Waals surface area contributed by atoms with Crippen LogP contribution < -0.4 is 5.32 Å². The Balaban J connectivity index is 2.95. The molecule has 1 aromatic rings. The predicted molar refractivity (Wildman–Crippen MR) is 77.8 cm³/mol. The lowest BCUT2D eigenvalue weighted by Crippen LogP contribution is -2.43. The summed E-state index contributed by atoms with van der Waals surface area (Å²) in [7, 11) is 0. The molecule has 0 atom stereocenters. The Morgan fingerprint density at radius 3 is 2.63 bits per heavy atom. The molecular weight excluding hydrogens is 312 g/mol. The largest absolute Gasteiger partial charge is 0.347 e. The van der Waals surface area contributed by atoms with Crippen molar-refractivity contribution < 1.29 is 9.72 Å². The topological polar surface area (TPSA) is 72.2 Å². The Morgan fingerprint density at radius 1 is 1.47 bits per heavy atom. The minimum atomic E-state index is -0.476. The molecule has 0 unspecified atom stereocenters. The van der Waals surface area contributed by atoms with Gasteiger partial charge in [0.25, 0.3) is 11.6 Å². The Morgan fingerprint density at radius 2 is 2.11 bits per heavy atom. The molecule has 1 rings (SSSR count). The third-order valence-electron chi connectivity index (χ3n) is 2.84. The molecule has 19 heavy (non-hydrogen) atoms. The van der Waals surface area contributed by atoms with Crippen LogP contribution in [-0.4, -0.2) is 21.7 Å². The number of aryl methyl sites for hydroxylation is 1. The van der Waals surface area contributed by atoms with Crippen LogP contribution in [0.15, 0.2) is 18.2 Å². The summed E-state index contributed by atoms with van der Waals surface area (Å²) in [5, 5.41) is 14.5. The molecule has 0 aliphatic carbocycles. The van der Waals surface area contributed by atoms with Gasteiger partial charge < -0.3 is 5.32 Å². The molecule has 1 amide bonds. The Kier molecular flexibility index (Phi) is 5.05. The monoisotopic (exact) mass is 328 g/mol. The molecule has 6 heteroatoms. The standard InChI is InChI=1S/C13H17BrN2O3/c1-9-4-5-10(8-11(9)16(18)19)12(17)15-13(2,3)6-7-14/h4-5,8H,6-7H2,1-3H3,(H,15,17). The zero-order chi connectivity index (χ0) is 14.6. The molecule has 0 heterocycles. The predicted octanol–water partition coefficient (Wildman–Crippen LogP) is 3.20. The van der Waals surface area contributed by atoms with Crippen molar-refractivity contribution in [1.82, 2.24) is 5.32 Å². The van der Waals surface area contributed by atoms with Gasteiger partial charge in [0.1, 0.15) is 0 Å². The number of benzene rings is 1. The first-order chi connectivity index (χ1) is 8.76. The van der Waals surface area contributed by atoms with E-state index >= 15 is 0 Å². The van der Waals surface area contributed by atoms with Gasteiger partial charge in [-0.3, -0.25) is 14.9 Å². The van der Waals surface area contributed by atoms with Crippen LogP contribution in [0.4, 0.5) is 5.69 Å². The van der Waals surface area contributed by atoms with Crippen LogP contribution in [0.3, 0.4) is 0 Å². The number of nitrogens with zero attached hydrogens (tertiary/aromatic N) is 1. The van der Waals surface area contributed by atoms with Crippen molar-refractivity contribution in [2.45, 2.75) is 32.7 Å². The third kappa shape index (κ3) is 4.31. The first kappa shape index (κ1) is 15.6. The molecule has 1 aromatic carbocycles. The second-order valence-corrected chi connectivity index (χ2v) is 5.83. The molecule has 0 aliphatic rings. The Hall–Kier alpha value is -1.43. The Bertz CT molecular complexity index is 501. The number of alkyl halides is 1. The van der Waals surface area contributed by atoms with Crippen molar-refractivity contribution in [3.63, 3.8) is 0 Å². The molecule has 104 valence electrons. The molecule has 0 bridgehead atoms. The van der Waals surface area contributed by atoms with Crippen LogP contribution in [0, 0.1) is 17.0 Å². The maximum Gasteiger partial charge on any atom is 0.273 e. The summed E-state index contributed by atoms with van der Waals surface area (Å²) >= 11 is 3.33. The molecule has 0 aliphatic heterocycles. The first-order valence-electron chi connectivity index (χ1n) is 5.90. The van der Waals surface area contributed by atoms with Gasteiger partial charge in [-0.15, -0.1) is 0 Å². The van der Waals surface area contributed by atoms with Gasteiger partial charge in [-0.05, 0) is 33.3 Å². The van der Waals surface area contributed by atoms with Crippen LogP contribution in [0.25, 0.3) is 0 Å². The van der Waals surface area contributed by atoms with Crippen molar-refractivity contribution in [2.75, 3.05) is 5.33 Å². The average molecular weight is 329 g/mol. The van der Waals surface area contributed by atoms with E-state index in [1.807, 2.05) is 13.8 Å². The van der Waals surface area contributed by atoms with Crippen LogP contribution in [0.5, 0.6) is 0 Å². The minimum Gasteiger partial charge on any atom is -0.347 e. The summed E-state index contributed by atoms with van der Waals surface area (Å²) in [5.74, 6) is -0.297. The molecule has 0 spiro atoms. The van der Waals surface area contributed by atoms with Crippen molar-refractivity contribution in [2.24, 2.45) is 0 Å². The van der Waals surface area contributed by atoms with Gasteiger partial charge in [0, 0.05) is 28.1 Å². The van der Waals surface area contributed by atoms with E-state index in [1.54, 1.807) is 19.1 Å². The zero-order valence-electron chi connectivity index (χ0n) is 11.2. The average Bonchev–Trinajstić information content (AvgIpc) is 2.28. The summed E-state index contributed by atoms with van der Waals surface area (Å²) in [6, 6.07) is 4.50. The first-order valence-corrected chi connectivity index (χ1v) is 7.02. The van der Waals surface area contributed by atoms with Gasteiger partial charge in [0.15, 0.2) is 0 Å². The summed E-state index contributed by atoms with van der Waals surface area (Å²) in [6.45, 7) is 5.47.